The number of carbonyl (C=O) groups is 1. The monoisotopic (exact) mass is 389 g/mol. The van der Waals surface area contributed by atoms with Crippen molar-refractivity contribution < 1.29 is 13.9 Å². The summed E-state index contributed by atoms with van der Waals surface area (Å²) in [5, 5.41) is 0.527. The summed E-state index contributed by atoms with van der Waals surface area (Å²) in [7, 11) is 0. The summed E-state index contributed by atoms with van der Waals surface area (Å²) in [6.45, 7) is 5.12. The molecule has 5 heteroatoms. The van der Waals surface area contributed by atoms with Gasteiger partial charge in [0.05, 0.1) is 23.1 Å². The molecule has 2 aliphatic rings. The highest BCUT2D eigenvalue weighted by Crippen LogP contribution is 2.39. The van der Waals surface area contributed by atoms with Crippen LogP contribution in [0.4, 0.5) is 0 Å². The molecule has 0 spiro atoms. The summed E-state index contributed by atoms with van der Waals surface area (Å²) in [4.78, 5) is 28.6. The molecule has 3 aromatic rings. The molecule has 29 heavy (non-hydrogen) atoms. The van der Waals surface area contributed by atoms with Crippen LogP contribution >= 0.6 is 0 Å². The molecular weight excluding hydrogens is 366 g/mol. The Labute approximate surface area is 168 Å². The number of benzene rings is 2. The fourth-order valence-electron chi connectivity index (χ4n) is 4.45. The third kappa shape index (κ3) is 2.88. The lowest BCUT2D eigenvalue weighted by Crippen LogP contribution is -2.36. The molecule has 5 rings (SSSR count). The van der Waals surface area contributed by atoms with Gasteiger partial charge in [0.15, 0.2) is 5.43 Å². The van der Waals surface area contributed by atoms with E-state index in [1.54, 1.807) is 4.90 Å². The van der Waals surface area contributed by atoms with Crippen molar-refractivity contribution in [2.24, 2.45) is 0 Å². The van der Waals surface area contributed by atoms with Crippen LogP contribution in [0, 0.1) is 13.8 Å². The minimum absolute atomic E-state index is 0.00604. The molecule has 0 radical (unpaired) electrons. The summed E-state index contributed by atoms with van der Waals surface area (Å²) >= 11 is 0. The molecule has 1 saturated heterocycles. The maximum Gasteiger partial charge on any atom is 0.291 e. The molecule has 0 bridgehead atoms. The molecule has 1 amide bonds. The van der Waals surface area contributed by atoms with Gasteiger partial charge in [-0.2, -0.15) is 0 Å². The summed E-state index contributed by atoms with van der Waals surface area (Å²) < 4.78 is 11.8. The zero-order chi connectivity index (χ0) is 20.1. The lowest BCUT2D eigenvalue weighted by atomic mass is 9.97. The van der Waals surface area contributed by atoms with Crippen LogP contribution in [0.5, 0.6) is 0 Å². The Morgan fingerprint density at radius 1 is 1.07 bits per heavy atom. The van der Waals surface area contributed by atoms with Gasteiger partial charge in [-0.15, -0.1) is 0 Å². The fourth-order valence-corrected chi connectivity index (χ4v) is 4.45. The minimum Gasteiger partial charge on any atom is -0.450 e. The first-order valence-corrected chi connectivity index (χ1v) is 10.1. The molecule has 0 N–H and O–H groups in total. The standard InChI is InChI=1S/C24H23NO4/c1-14-11-18-19(12-15(14)2)29-23-20(22(18)26)21(16-7-4-3-5-8-16)25(24(23)27)13-17-9-6-10-28-17/h3-5,7-8,11-12,17,21H,6,9-10,13H2,1-2H3/t17-,21+/m0/s1. The van der Waals surface area contributed by atoms with E-state index < -0.39 is 6.04 Å². The van der Waals surface area contributed by atoms with E-state index in [-0.39, 0.29) is 23.2 Å². The van der Waals surface area contributed by atoms with Gasteiger partial charge in [-0.3, -0.25) is 9.59 Å². The Hall–Kier alpha value is -2.92. The van der Waals surface area contributed by atoms with E-state index in [0.717, 1.165) is 36.1 Å². The lowest BCUT2D eigenvalue weighted by molar-refractivity contribution is 0.0486. The van der Waals surface area contributed by atoms with Gasteiger partial charge >= 0.3 is 0 Å². The summed E-state index contributed by atoms with van der Waals surface area (Å²) in [5.74, 6) is -0.0702. The second-order valence-corrected chi connectivity index (χ2v) is 8.01. The average molecular weight is 389 g/mol. The van der Waals surface area contributed by atoms with Crippen molar-refractivity contribution in [3.05, 3.63) is 80.7 Å². The molecule has 1 fully saturated rings. The quantitative estimate of drug-likeness (QED) is 0.676. The highest BCUT2D eigenvalue weighted by molar-refractivity contribution is 5.99. The Bertz CT molecular complexity index is 1160. The van der Waals surface area contributed by atoms with E-state index in [9.17, 15) is 9.59 Å². The van der Waals surface area contributed by atoms with Crippen LogP contribution in [0.2, 0.25) is 0 Å². The van der Waals surface area contributed by atoms with E-state index >= 15 is 0 Å². The van der Waals surface area contributed by atoms with Crippen LogP contribution < -0.4 is 5.43 Å². The number of amides is 1. The van der Waals surface area contributed by atoms with E-state index in [1.807, 2.05) is 56.3 Å². The summed E-state index contributed by atoms with van der Waals surface area (Å²) in [6.07, 6.45) is 1.91. The van der Waals surface area contributed by atoms with Gasteiger partial charge in [0.25, 0.3) is 5.91 Å². The number of carbonyl (C=O) groups excluding carboxylic acids is 1. The number of ether oxygens (including phenoxy) is 1. The van der Waals surface area contributed by atoms with Crippen LogP contribution in [0.25, 0.3) is 11.0 Å². The molecule has 1 aromatic heterocycles. The van der Waals surface area contributed by atoms with Gasteiger partial charge in [-0.25, -0.2) is 0 Å². The normalized spacial score (nSPS) is 21.2. The van der Waals surface area contributed by atoms with Crippen molar-refractivity contribution in [2.75, 3.05) is 13.2 Å². The molecule has 3 heterocycles. The smallest absolute Gasteiger partial charge is 0.291 e. The van der Waals surface area contributed by atoms with Crippen molar-refractivity contribution in [1.29, 1.82) is 0 Å². The first-order chi connectivity index (χ1) is 14.0. The van der Waals surface area contributed by atoms with Crippen molar-refractivity contribution in [3.63, 3.8) is 0 Å². The van der Waals surface area contributed by atoms with E-state index in [4.69, 9.17) is 9.15 Å². The Balaban J connectivity index is 1.72. The van der Waals surface area contributed by atoms with Crippen LogP contribution in [0.15, 0.2) is 51.7 Å². The molecule has 0 aliphatic carbocycles. The van der Waals surface area contributed by atoms with Gasteiger partial charge in [0.2, 0.25) is 5.76 Å². The molecule has 0 saturated carbocycles. The maximum atomic E-state index is 13.5. The molecule has 148 valence electrons. The number of nitrogens with zero attached hydrogens (tertiary/aromatic N) is 1. The maximum absolute atomic E-state index is 13.5. The summed E-state index contributed by atoms with van der Waals surface area (Å²) in [6, 6.07) is 13.0. The summed E-state index contributed by atoms with van der Waals surface area (Å²) in [5.41, 5.74) is 3.75. The Morgan fingerprint density at radius 2 is 1.83 bits per heavy atom. The van der Waals surface area contributed by atoms with E-state index in [0.29, 0.717) is 23.1 Å². The zero-order valence-electron chi connectivity index (χ0n) is 16.6. The molecule has 2 aromatic carbocycles. The van der Waals surface area contributed by atoms with Gasteiger partial charge in [-0.1, -0.05) is 30.3 Å². The van der Waals surface area contributed by atoms with Crippen LogP contribution in [-0.4, -0.2) is 30.1 Å². The van der Waals surface area contributed by atoms with Crippen LogP contribution in [-0.2, 0) is 4.74 Å². The van der Waals surface area contributed by atoms with Crippen molar-refractivity contribution in [3.8, 4) is 0 Å². The second-order valence-electron chi connectivity index (χ2n) is 8.01. The molecular formula is C24H23NO4. The lowest BCUT2D eigenvalue weighted by Gasteiger charge is -2.27. The molecule has 0 unspecified atom stereocenters. The number of rotatable bonds is 3. The zero-order valence-corrected chi connectivity index (χ0v) is 16.6. The first kappa shape index (κ1) is 18.1. The average Bonchev–Trinajstić information content (AvgIpc) is 3.32. The van der Waals surface area contributed by atoms with Crippen molar-refractivity contribution in [1.82, 2.24) is 4.90 Å². The number of hydrogen-bond acceptors (Lipinski definition) is 4. The number of aryl methyl sites for hydroxylation is 2. The predicted molar refractivity (Wildman–Crippen MR) is 110 cm³/mol. The Morgan fingerprint density at radius 3 is 2.55 bits per heavy atom. The third-order valence-electron chi connectivity index (χ3n) is 6.12. The first-order valence-electron chi connectivity index (χ1n) is 10.1. The van der Waals surface area contributed by atoms with Gasteiger partial charge in [0, 0.05) is 13.2 Å². The van der Waals surface area contributed by atoms with E-state index in [1.165, 1.54) is 0 Å². The Kier molecular flexibility index (Phi) is 4.28. The largest absolute Gasteiger partial charge is 0.450 e. The van der Waals surface area contributed by atoms with E-state index in [2.05, 4.69) is 0 Å². The topological polar surface area (TPSA) is 59.8 Å². The highest BCUT2D eigenvalue weighted by atomic mass is 16.5. The van der Waals surface area contributed by atoms with Gasteiger partial charge in [-0.05, 0) is 55.5 Å². The third-order valence-corrected chi connectivity index (χ3v) is 6.12. The highest BCUT2D eigenvalue weighted by Gasteiger charge is 2.43. The molecule has 5 nitrogen and oxygen atoms in total. The predicted octanol–water partition coefficient (Wildman–Crippen LogP) is 4.13. The molecule has 2 atom stereocenters. The second kappa shape index (κ2) is 6.85. The van der Waals surface area contributed by atoms with Gasteiger partial charge < -0.3 is 14.1 Å². The van der Waals surface area contributed by atoms with Crippen LogP contribution in [0.1, 0.15) is 51.7 Å². The van der Waals surface area contributed by atoms with Crippen molar-refractivity contribution in [2.45, 2.75) is 38.8 Å². The SMILES string of the molecule is Cc1cc2oc3c(c(=O)c2cc1C)[C@@H](c1ccccc1)N(C[C@@H]1CCCO1)C3=O. The molecule has 2 aliphatic heterocycles. The van der Waals surface area contributed by atoms with Gasteiger partial charge in [0.1, 0.15) is 5.58 Å². The van der Waals surface area contributed by atoms with Crippen molar-refractivity contribution >= 4 is 16.9 Å². The van der Waals surface area contributed by atoms with Crippen LogP contribution in [0.3, 0.4) is 0 Å². The fraction of sp³-hybridized carbons (Fsp3) is 0.333. The number of hydrogen-bond donors (Lipinski definition) is 0. The minimum atomic E-state index is -0.454. The number of fused-ring (bicyclic) bond motifs is 2.